The number of carbonyl (C=O) groups excluding carboxylic acids is 1. The van der Waals surface area contributed by atoms with Crippen molar-refractivity contribution in [3.05, 3.63) is 42.0 Å². The molecule has 1 atom stereocenters. The Morgan fingerprint density at radius 2 is 2.00 bits per heavy atom. The van der Waals surface area contributed by atoms with Crippen molar-refractivity contribution < 1.29 is 9.53 Å². The first kappa shape index (κ1) is 22.3. The Labute approximate surface area is 180 Å². The van der Waals surface area contributed by atoms with Gasteiger partial charge in [-0.1, -0.05) is 42.5 Å². The second-order valence-corrected chi connectivity index (χ2v) is 8.14. The molecule has 7 heteroatoms. The first-order valence-corrected chi connectivity index (χ1v) is 10.9. The predicted molar refractivity (Wildman–Crippen MR) is 121 cm³/mol. The van der Waals surface area contributed by atoms with Crippen LogP contribution in [0.1, 0.15) is 12.0 Å². The molecule has 2 aliphatic heterocycles. The molecule has 2 heterocycles. The van der Waals surface area contributed by atoms with Crippen molar-refractivity contribution in [2.24, 2.45) is 10.9 Å². The fourth-order valence-electron chi connectivity index (χ4n) is 3.58. The van der Waals surface area contributed by atoms with Crippen LogP contribution in [0, 0.1) is 5.92 Å². The van der Waals surface area contributed by atoms with Crippen molar-refractivity contribution in [2.75, 3.05) is 73.1 Å². The van der Waals surface area contributed by atoms with E-state index in [0.29, 0.717) is 5.92 Å². The van der Waals surface area contributed by atoms with Crippen LogP contribution in [0.2, 0.25) is 0 Å². The van der Waals surface area contributed by atoms with Gasteiger partial charge < -0.3 is 19.9 Å². The number of nitrogens with one attached hydrogen (secondary N) is 1. The van der Waals surface area contributed by atoms with E-state index in [2.05, 4.69) is 56.5 Å². The molecule has 0 aliphatic carbocycles. The van der Waals surface area contributed by atoms with E-state index in [0.717, 1.165) is 64.9 Å². The molecular weight excluding hydrogens is 378 g/mol. The molecule has 2 fully saturated rings. The summed E-state index contributed by atoms with van der Waals surface area (Å²) in [7, 11) is 3.53. The number of guanidine groups is 1. The summed E-state index contributed by atoms with van der Waals surface area (Å²) in [5.41, 5.74) is 1.23. The summed E-state index contributed by atoms with van der Waals surface area (Å²) in [4.78, 5) is 22.9. The SMILES string of the molecule is CN(C)C(=O)CN=C(NCC1CCOC1)N1CCN(C/C=C/c2ccccc2)CC1. The number of carbonyl (C=O) groups is 1. The average Bonchev–Trinajstić information content (AvgIpc) is 3.28. The molecule has 2 aliphatic rings. The van der Waals surface area contributed by atoms with Crippen molar-refractivity contribution in [3.63, 3.8) is 0 Å². The first-order valence-electron chi connectivity index (χ1n) is 10.9. The average molecular weight is 414 g/mol. The fourth-order valence-corrected chi connectivity index (χ4v) is 3.58. The Morgan fingerprint density at radius 1 is 1.23 bits per heavy atom. The summed E-state index contributed by atoms with van der Waals surface area (Å²) in [5.74, 6) is 1.38. The fraction of sp³-hybridized carbons (Fsp3) is 0.565. The number of rotatable bonds is 7. The summed E-state index contributed by atoms with van der Waals surface area (Å²) in [6.07, 6.45) is 5.49. The zero-order valence-electron chi connectivity index (χ0n) is 18.3. The molecule has 7 nitrogen and oxygen atoms in total. The van der Waals surface area contributed by atoms with Gasteiger partial charge in [-0.15, -0.1) is 0 Å². The van der Waals surface area contributed by atoms with Gasteiger partial charge in [-0.3, -0.25) is 9.69 Å². The van der Waals surface area contributed by atoms with E-state index < -0.39 is 0 Å². The molecule has 0 bridgehead atoms. The summed E-state index contributed by atoms with van der Waals surface area (Å²) in [6, 6.07) is 10.4. The van der Waals surface area contributed by atoms with Crippen LogP contribution < -0.4 is 5.32 Å². The van der Waals surface area contributed by atoms with Gasteiger partial charge in [0.15, 0.2) is 5.96 Å². The van der Waals surface area contributed by atoms with Gasteiger partial charge in [0.2, 0.25) is 5.91 Å². The van der Waals surface area contributed by atoms with E-state index in [4.69, 9.17) is 4.74 Å². The Kier molecular flexibility index (Phi) is 8.71. The second-order valence-electron chi connectivity index (χ2n) is 8.14. The maximum absolute atomic E-state index is 12.0. The Bertz CT molecular complexity index is 706. The largest absolute Gasteiger partial charge is 0.381 e. The third-order valence-corrected chi connectivity index (χ3v) is 5.58. The topological polar surface area (TPSA) is 60.4 Å². The van der Waals surface area contributed by atoms with Crippen molar-refractivity contribution in [1.29, 1.82) is 0 Å². The number of benzene rings is 1. The summed E-state index contributed by atoms with van der Waals surface area (Å²) in [6.45, 7) is 7.38. The maximum Gasteiger partial charge on any atom is 0.243 e. The minimum atomic E-state index is 0.0168. The van der Waals surface area contributed by atoms with Gasteiger partial charge in [0.1, 0.15) is 6.54 Å². The van der Waals surface area contributed by atoms with Crippen molar-refractivity contribution in [2.45, 2.75) is 6.42 Å². The number of ether oxygens (including phenoxy) is 1. The third kappa shape index (κ3) is 7.15. The normalized spacial score (nSPS) is 20.7. The maximum atomic E-state index is 12.0. The van der Waals surface area contributed by atoms with Gasteiger partial charge in [0.05, 0.1) is 6.61 Å². The van der Waals surface area contributed by atoms with E-state index >= 15 is 0 Å². The van der Waals surface area contributed by atoms with Crippen molar-refractivity contribution in [3.8, 4) is 0 Å². The van der Waals surface area contributed by atoms with E-state index in [9.17, 15) is 4.79 Å². The van der Waals surface area contributed by atoms with E-state index in [1.54, 1.807) is 19.0 Å². The second kappa shape index (κ2) is 11.7. The highest BCUT2D eigenvalue weighted by atomic mass is 16.5. The minimum Gasteiger partial charge on any atom is -0.381 e. The van der Waals surface area contributed by atoms with Crippen LogP contribution in [0.15, 0.2) is 41.4 Å². The Balaban J connectivity index is 1.50. The molecule has 0 spiro atoms. The highest BCUT2D eigenvalue weighted by molar-refractivity contribution is 5.85. The van der Waals surface area contributed by atoms with E-state index in [1.165, 1.54) is 5.56 Å². The molecule has 0 saturated carbocycles. The van der Waals surface area contributed by atoms with Gasteiger partial charge in [0.25, 0.3) is 0 Å². The quantitative estimate of drug-likeness (QED) is 0.541. The van der Waals surface area contributed by atoms with Crippen LogP contribution >= 0.6 is 0 Å². The molecule has 1 N–H and O–H groups in total. The van der Waals surface area contributed by atoms with Gasteiger partial charge in [-0.25, -0.2) is 4.99 Å². The molecule has 3 rings (SSSR count). The van der Waals surface area contributed by atoms with Crippen LogP contribution in [0.5, 0.6) is 0 Å². The molecule has 1 unspecified atom stereocenters. The molecule has 1 aromatic carbocycles. The van der Waals surface area contributed by atoms with Gasteiger partial charge >= 0.3 is 0 Å². The lowest BCUT2D eigenvalue weighted by Gasteiger charge is -2.36. The Hall–Kier alpha value is -2.38. The molecule has 0 aromatic heterocycles. The number of amides is 1. The zero-order valence-corrected chi connectivity index (χ0v) is 18.3. The standard InChI is InChI=1S/C23H35N5O2/c1-26(2)22(29)18-25-23(24-17-21-10-16-30-19-21)28-14-12-27(13-15-28)11-6-9-20-7-4-3-5-8-20/h3-9,21H,10-19H2,1-2H3,(H,24,25)/b9-6+. The number of likely N-dealkylation sites (N-methyl/N-ethyl adjacent to an activating group) is 1. The third-order valence-electron chi connectivity index (χ3n) is 5.58. The van der Waals surface area contributed by atoms with Gasteiger partial charge in [0, 0.05) is 65.9 Å². The molecule has 30 heavy (non-hydrogen) atoms. The van der Waals surface area contributed by atoms with Gasteiger partial charge in [-0.2, -0.15) is 0 Å². The van der Waals surface area contributed by atoms with Gasteiger partial charge in [-0.05, 0) is 12.0 Å². The number of aliphatic imine (C=N–C) groups is 1. The molecule has 1 aromatic rings. The molecular formula is C23H35N5O2. The smallest absolute Gasteiger partial charge is 0.243 e. The number of nitrogens with zero attached hydrogens (tertiary/aromatic N) is 4. The van der Waals surface area contributed by atoms with E-state index in [1.807, 2.05) is 6.07 Å². The lowest BCUT2D eigenvalue weighted by atomic mass is 10.1. The summed E-state index contributed by atoms with van der Waals surface area (Å²) < 4.78 is 5.48. The molecule has 164 valence electrons. The minimum absolute atomic E-state index is 0.0168. The number of hydrogen-bond acceptors (Lipinski definition) is 4. The van der Waals surface area contributed by atoms with Crippen LogP contribution in [0.25, 0.3) is 6.08 Å². The Morgan fingerprint density at radius 3 is 2.67 bits per heavy atom. The van der Waals surface area contributed by atoms with Crippen LogP contribution in [-0.4, -0.2) is 99.7 Å². The zero-order chi connectivity index (χ0) is 21.2. The molecule has 0 radical (unpaired) electrons. The lowest BCUT2D eigenvalue weighted by molar-refractivity contribution is -0.127. The van der Waals surface area contributed by atoms with E-state index in [-0.39, 0.29) is 12.5 Å². The predicted octanol–water partition coefficient (Wildman–Crippen LogP) is 1.39. The molecule has 2 saturated heterocycles. The highest BCUT2D eigenvalue weighted by Gasteiger charge is 2.21. The number of hydrogen-bond donors (Lipinski definition) is 1. The van der Waals surface area contributed by atoms with Crippen LogP contribution in [0.3, 0.4) is 0 Å². The summed E-state index contributed by atoms with van der Waals surface area (Å²) >= 11 is 0. The summed E-state index contributed by atoms with van der Waals surface area (Å²) in [5, 5.41) is 3.50. The molecule has 1 amide bonds. The van der Waals surface area contributed by atoms with Crippen molar-refractivity contribution in [1.82, 2.24) is 20.0 Å². The van der Waals surface area contributed by atoms with Crippen LogP contribution in [0.4, 0.5) is 0 Å². The number of piperazine rings is 1. The first-order chi connectivity index (χ1) is 14.6. The monoisotopic (exact) mass is 413 g/mol. The van der Waals surface area contributed by atoms with Crippen molar-refractivity contribution >= 4 is 17.9 Å². The lowest BCUT2D eigenvalue weighted by Crippen LogP contribution is -2.53. The highest BCUT2D eigenvalue weighted by Crippen LogP contribution is 2.11. The van der Waals surface area contributed by atoms with Crippen LogP contribution in [-0.2, 0) is 9.53 Å².